The summed E-state index contributed by atoms with van der Waals surface area (Å²) in [6.07, 6.45) is 2.92. The Morgan fingerprint density at radius 1 is 1.10 bits per heavy atom. The first-order valence-corrected chi connectivity index (χ1v) is 10.8. The minimum atomic E-state index is -0.0280. The van der Waals surface area contributed by atoms with Crippen LogP contribution in [0.2, 0.25) is 0 Å². The Hall–Kier alpha value is -2.37. The lowest BCUT2D eigenvalue weighted by atomic mass is 10.1. The highest BCUT2D eigenvalue weighted by Crippen LogP contribution is 2.19. The lowest BCUT2D eigenvalue weighted by Gasteiger charge is -2.15. The molecule has 0 aliphatic rings. The predicted molar refractivity (Wildman–Crippen MR) is 118 cm³/mol. The van der Waals surface area contributed by atoms with Gasteiger partial charge in [-0.25, -0.2) is 0 Å². The molecule has 6 heteroatoms. The van der Waals surface area contributed by atoms with Gasteiger partial charge in [-0.3, -0.25) is 4.79 Å². The zero-order valence-electron chi connectivity index (χ0n) is 19.1. The number of hydrogen-bond donors (Lipinski definition) is 2. The van der Waals surface area contributed by atoms with Crippen LogP contribution < -0.4 is 5.32 Å². The Morgan fingerprint density at radius 2 is 1.72 bits per heavy atom. The molecular formula is C23H38N4O2. The van der Waals surface area contributed by atoms with Crippen LogP contribution >= 0.6 is 0 Å². The maximum absolute atomic E-state index is 12.3. The number of rotatable bonds is 9. The fourth-order valence-corrected chi connectivity index (χ4v) is 3.08. The Morgan fingerprint density at radius 3 is 2.31 bits per heavy atom. The minimum Gasteiger partial charge on any atom is -0.508 e. The maximum Gasteiger partial charge on any atom is 0.220 e. The summed E-state index contributed by atoms with van der Waals surface area (Å²) in [5.74, 6) is 2.72. The van der Waals surface area contributed by atoms with Gasteiger partial charge in [0.25, 0.3) is 0 Å². The molecule has 0 aliphatic heterocycles. The largest absolute Gasteiger partial charge is 0.508 e. The molecule has 162 valence electrons. The van der Waals surface area contributed by atoms with E-state index in [4.69, 9.17) is 0 Å². The Balaban J connectivity index is 0.00000204. The number of amides is 1. The van der Waals surface area contributed by atoms with Crippen molar-refractivity contribution in [2.75, 3.05) is 0 Å². The van der Waals surface area contributed by atoms with Crippen LogP contribution in [0.1, 0.15) is 83.2 Å². The van der Waals surface area contributed by atoms with Crippen molar-refractivity contribution in [3.05, 3.63) is 41.0 Å². The van der Waals surface area contributed by atoms with Crippen molar-refractivity contribution < 1.29 is 9.90 Å². The molecule has 0 fully saturated rings. The average Bonchev–Trinajstić information content (AvgIpc) is 3.10. The number of aromatic nitrogens is 3. The van der Waals surface area contributed by atoms with Gasteiger partial charge in [-0.05, 0) is 50.3 Å². The molecule has 1 aromatic heterocycles. The molecule has 2 N–H and O–H groups in total. The van der Waals surface area contributed by atoms with E-state index in [0.29, 0.717) is 25.3 Å². The number of phenols is 1. The quantitative estimate of drug-likeness (QED) is 0.635. The summed E-state index contributed by atoms with van der Waals surface area (Å²) in [5.41, 5.74) is 1.72. The molecule has 2 rings (SSSR count). The number of nitrogens with zero attached hydrogens (tertiary/aromatic N) is 3. The van der Waals surface area contributed by atoms with Crippen molar-refractivity contribution in [3.63, 3.8) is 0 Å². The zero-order chi connectivity index (χ0) is 22.0. The van der Waals surface area contributed by atoms with E-state index in [0.717, 1.165) is 35.6 Å². The van der Waals surface area contributed by atoms with E-state index in [-0.39, 0.29) is 17.7 Å². The third-order valence-corrected chi connectivity index (χ3v) is 4.77. The van der Waals surface area contributed by atoms with Crippen LogP contribution in [0.25, 0.3) is 0 Å². The van der Waals surface area contributed by atoms with Gasteiger partial charge in [-0.15, -0.1) is 10.2 Å². The smallest absolute Gasteiger partial charge is 0.220 e. The first kappa shape index (κ1) is 24.7. The molecular weight excluding hydrogens is 364 g/mol. The molecule has 0 saturated heterocycles. The highest BCUT2D eigenvalue weighted by molar-refractivity contribution is 5.76. The number of phenolic OH excluding ortho intramolecular Hbond substituents is 1. The van der Waals surface area contributed by atoms with Crippen molar-refractivity contribution in [1.29, 1.82) is 0 Å². The summed E-state index contributed by atoms with van der Waals surface area (Å²) < 4.78 is 2.16. The van der Waals surface area contributed by atoms with Gasteiger partial charge in [0.15, 0.2) is 0 Å². The second kappa shape index (κ2) is 12.2. The van der Waals surface area contributed by atoms with E-state index in [1.165, 1.54) is 0 Å². The summed E-state index contributed by atoms with van der Waals surface area (Å²) in [5, 5.41) is 21.4. The summed E-state index contributed by atoms with van der Waals surface area (Å²) in [6.45, 7) is 14.9. The van der Waals surface area contributed by atoms with Crippen molar-refractivity contribution in [1.82, 2.24) is 20.1 Å². The molecule has 0 bridgehead atoms. The van der Waals surface area contributed by atoms with Gasteiger partial charge in [-0.1, -0.05) is 39.8 Å². The van der Waals surface area contributed by atoms with E-state index >= 15 is 0 Å². The van der Waals surface area contributed by atoms with Gasteiger partial charge in [0, 0.05) is 31.8 Å². The third kappa shape index (κ3) is 7.52. The summed E-state index contributed by atoms with van der Waals surface area (Å²) in [4.78, 5) is 12.3. The molecule has 0 spiro atoms. The number of aryl methyl sites for hydroxylation is 2. The summed E-state index contributed by atoms with van der Waals surface area (Å²) in [6, 6.07) is 5.62. The van der Waals surface area contributed by atoms with Crippen molar-refractivity contribution >= 4 is 5.91 Å². The second-order valence-corrected chi connectivity index (χ2v) is 7.77. The third-order valence-electron chi connectivity index (χ3n) is 4.77. The van der Waals surface area contributed by atoms with Crippen LogP contribution in [0.3, 0.4) is 0 Å². The summed E-state index contributed by atoms with van der Waals surface area (Å²) in [7, 11) is 0. The predicted octanol–water partition coefficient (Wildman–Crippen LogP) is 4.74. The highest BCUT2D eigenvalue weighted by Gasteiger charge is 2.16. The van der Waals surface area contributed by atoms with Crippen LogP contribution in [0.4, 0.5) is 0 Å². The number of benzene rings is 1. The number of nitrogens with one attached hydrogen (secondary N) is 1. The van der Waals surface area contributed by atoms with Crippen molar-refractivity contribution in [2.45, 2.75) is 86.7 Å². The first-order chi connectivity index (χ1) is 13.8. The number of carbonyl (C=O) groups excluding carboxylic acids is 1. The molecule has 1 heterocycles. The maximum atomic E-state index is 12.3. The lowest BCUT2D eigenvalue weighted by molar-refractivity contribution is -0.121. The molecule has 1 aromatic carbocycles. The first-order valence-electron chi connectivity index (χ1n) is 10.8. The minimum absolute atomic E-state index is 0.0280. The Labute approximate surface area is 175 Å². The second-order valence-electron chi connectivity index (χ2n) is 7.77. The fourth-order valence-electron chi connectivity index (χ4n) is 3.08. The highest BCUT2D eigenvalue weighted by atomic mass is 16.3. The van der Waals surface area contributed by atoms with Gasteiger partial charge in [-0.2, -0.15) is 0 Å². The molecule has 6 nitrogen and oxygen atoms in total. The number of carbonyl (C=O) groups is 1. The Kier molecular flexibility index (Phi) is 10.4. The van der Waals surface area contributed by atoms with Gasteiger partial charge >= 0.3 is 0 Å². The molecule has 0 atom stereocenters. The number of aromatic hydroxyl groups is 1. The summed E-state index contributed by atoms with van der Waals surface area (Å²) >= 11 is 0. The van der Waals surface area contributed by atoms with E-state index in [1.54, 1.807) is 12.1 Å². The molecule has 0 radical (unpaired) electrons. The average molecular weight is 403 g/mol. The molecule has 0 saturated carbocycles. The topological polar surface area (TPSA) is 80.0 Å². The number of hydrogen-bond acceptors (Lipinski definition) is 4. The van der Waals surface area contributed by atoms with Crippen LogP contribution in [-0.2, 0) is 24.2 Å². The standard InChI is InChI=1S/C21H32N4O2.C2H6/c1-14(2)9-10-19-23-24-20(25(19)15(3)4)11-12-21(27)22-13-17-7-6-8-18(26)16(17)5;1-2/h6-8,14-15,26H,9-13H2,1-5H3,(H,22,27);1-2H3. The van der Waals surface area contributed by atoms with Gasteiger partial charge in [0.05, 0.1) is 0 Å². The van der Waals surface area contributed by atoms with Crippen molar-refractivity contribution in [3.8, 4) is 5.75 Å². The molecule has 1 amide bonds. The van der Waals surface area contributed by atoms with Crippen LogP contribution in [0.5, 0.6) is 5.75 Å². The van der Waals surface area contributed by atoms with E-state index in [2.05, 4.69) is 47.8 Å². The monoisotopic (exact) mass is 402 g/mol. The normalized spacial score (nSPS) is 10.8. The van der Waals surface area contributed by atoms with Gasteiger partial charge in [0.2, 0.25) is 5.91 Å². The SMILES string of the molecule is CC.Cc1c(O)cccc1CNC(=O)CCc1nnc(CCC(C)C)n1C(C)C. The van der Waals surface area contributed by atoms with Crippen LogP contribution in [0, 0.1) is 12.8 Å². The van der Waals surface area contributed by atoms with Gasteiger partial charge in [0.1, 0.15) is 17.4 Å². The van der Waals surface area contributed by atoms with E-state index in [9.17, 15) is 9.90 Å². The zero-order valence-corrected chi connectivity index (χ0v) is 19.1. The van der Waals surface area contributed by atoms with E-state index < -0.39 is 0 Å². The van der Waals surface area contributed by atoms with E-state index in [1.807, 2.05) is 26.8 Å². The Bertz CT molecular complexity index is 766. The van der Waals surface area contributed by atoms with Crippen LogP contribution in [-0.4, -0.2) is 25.8 Å². The van der Waals surface area contributed by atoms with Crippen molar-refractivity contribution in [2.24, 2.45) is 5.92 Å². The molecule has 0 unspecified atom stereocenters. The lowest BCUT2D eigenvalue weighted by Crippen LogP contribution is -2.24. The molecule has 29 heavy (non-hydrogen) atoms. The fraction of sp³-hybridized carbons (Fsp3) is 0.609. The molecule has 0 aliphatic carbocycles. The van der Waals surface area contributed by atoms with Gasteiger partial charge < -0.3 is 15.0 Å². The molecule has 2 aromatic rings. The van der Waals surface area contributed by atoms with Crippen LogP contribution in [0.15, 0.2) is 18.2 Å².